The minimum atomic E-state index is 0.0194. The standard InChI is InChI=1S/C19H22N2O3/c22-18-6-2-14-9-16(3-1-15(14)10-18)20-19(23)21(17-4-5-17)11-13-7-8-24-12-13/h2,6-8,10,12,16-17,22H,1,3-5,9,11H2,(H,20,23). The van der Waals surface area contributed by atoms with Crippen LogP contribution in [0, 0.1) is 0 Å². The monoisotopic (exact) mass is 326 g/mol. The number of benzene rings is 1. The number of hydrogen-bond acceptors (Lipinski definition) is 3. The van der Waals surface area contributed by atoms with Gasteiger partial charge < -0.3 is 19.7 Å². The first-order valence-corrected chi connectivity index (χ1v) is 8.58. The number of furan rings is 1. The van der Waals surface area contributed by atoms with Gasteiger partial charge in [0.25, 0.3) is 0 Å². The van der Waals surface area contributed by atoms with Gasteiger partial charge in [0, 0.05) is 17.6 Å². The molecule has 2 aromatic rings. The highest BCUT2D eigenvalue weighted by Crippen LogP contribution is 2.29. The number of aryl methyl sites for hydroxylation is 1. The summed E-state index contributed by atoms with van der Waals surface area (Å²) in [6.07, 6.45) is 8.13. The smallest absolute Gasteiger partial charge is 0.318 e. The maximum Gasteiger partial charge on any atom is 0.318 e. The molecule has 4 rings (SSSR count). The van der Waals surface area contributed by atoms with Gasteiger partial charge >= 0.3 is 6.03 Å². The predicted molar refractivity (Wildman–Crippen MR) is 89.7 cm³/mol. The number of nitrogens with zero attached hydrogens (tertiary/aromatic N) is 1. The van der Waals surface area contributed by atoms with E-state index in [4.69, 9.17) is 4.42 Å². The van der Waals surface area contributed by atoms with E-state index in [0.29, 0.717) is 18.3 Å². The van der Waals surface area contributed by atoms with Crippen LogP contribution in [0.15, 0.2) is 41.2 Å². The van der Waals surface area contributed by atoms with Crippen molar-refractivity contribution in [2.24, 2.45) is 0 Å². The van der Waals surface area contributed by atoms with E-state index in [1.165, 1.54) is 11.1 Å². The lowest BCUT2D eigenvalue weighted by atomic mass is 9.88. The lowest BCUT2D eigenvalue weighted by Gasteiger charge is -2.29. The molecule has 2 aliphatic carbocycles. The Bertz CT molecular complexity index is 722. The van der Waals surface area contributed by atoms with Crippen molar-refractivity contribution in [1.29, 1.82) is 0 Å². The molecule has 0 radical (unpaired) electrons. The number of phenolic OH excluding ortho intramolecular Hbond substituents is 1. The zero-order valence-corrected chi connectivity index (χ0v) is 13.6. The number of nitrogens with one attached hydrogen (secondary N) is 1. The Morgan fingerprint density at radius 1 is 1.25 bits per heavy atom. The highest BCUT2D eigenvalue weighted by atomic mass is 16.3. The van der Waals surface area contributed by atoms with E-state index >= 15 is 0 Å². The van der Waals surface area contributed by atoms with Crippen LogP contribution in [0.5, 0.6) is 5.75 Å². The molecule has 24 heavy (non-hydrogen) atoms. The SMILES string of the molecule is O=C(NC1CCc2cc(O)ccc2C1)N(Cc1ccoc1)C1CC1. The molecule has 2 N–H and O–H groups in total. The first-order valence-electron chi connectivity index (χ1n) is 8.58. The fourth-order valence-electron chi connectivity index (χ4n) is 3.45. The summed E-state index contributed by atoms with van der Waals surface area (Å²) >= 11 is 0. The number of carbonyl (C=O) groups excluding carboxylic acids is 1. The summed E-state index contributed by atoms with van der Waals surface area (Å²) in [5.74, 6) is 0.316. The fraction of sp³-hybridized carbons (Fsp3) is 0.421. The second kappa shape index (κ2) is 6.23. The van der Waals surface area contributed by atoms with Crippen LogP contribution in [-0.2, 0) is 19.4 Å². The van der Waals surface area contributed by atoms with Gasteiger partial charge in [0.15, 0.2) is 0 Å². The fourth-order valence-corrected chi connectivity index (χ4v) is 3.45. The third-order valence-corrected chi connectivity index (χ3v) is 4.93. The number of hydrogen-bond donors (Lipinski definition) is 2. The van der Waals surface area contributed by atoms with E-state index in [9.17, 15) is 9.90 Å². The molecule has 1 fully saturated rings. The van der Waals surface area contributed by atoms with E-state index in [1.807, 2.05) is 23.1 Å². The molecule has 0 bridgehead atoms. The maximum atomic E-state index is 12.7. The Morgan fingerprint density at radius 3 is 2.88 bits per heavy atom. The predicted octanol–water partition coefficient (Wildman–Crippen LogP) is 3.22. The van der Waals surface area contributed by atoms with E-state index in [0.717, 1.165) is 37.7 Å². The number of phenols is 1. The van der Waals surface area contributed by atoms with E-state index in [2.05, 4.69) is 5.32 Å². The molecule has 1 aromatic carbocycles. The van der Waals surface area contributed by atoms with Crippen LogP contribution >= 0.6 is 0 Å². The maximum absolute atomic E-state index is 12.7. The Balaban J connectivity index is 1.40. The summed E-state index contributed by atoms with van der Waals surface area (Å²) in [6, 6.07) is 7.96. The molecule has 2 amide bonds. The van der Waals surface area contributed by atoms with E-state index < -0.39 is 0 Å². The van der Waals surface area contributed by atoms with Crippen molar-refractivity contribution in [2.45, 2.75) is 50.7 Å². The minimum absolute atomic E-state index is 0.0194. The first-order chi connectivity index (χ1) is 11.7. The van der Waals surface area contributed by atoms with Crippen LogP contribution in [0.1, 0.15) is 36.0 Å². The van der Waals surface area contributed by atoms with Gasteiger partial charge in [0.2, 0.25) is 0 Å². The number of aromatic hydroxyl groups is 1. The average Bonchev–Trinajstić information content (AvgIpc) is 3.28. The molecular formula is C19H22N2O3. The van der Waals surface area contributed by atoms with Gasteiger partial charge in [0.05, 0.1) is 19.1 Å². The van der Waals surface area contributed by atoms with E-state index in [1.54, 1.807) is 18.6 Å². The summed E-state index contributed by atoms with van der Waals surface area (Å²) in [7, 11) is 0. The van der Waals surface area contributed by atoms with Crippen LogP contribution in [0.2, 0.25) is 0 Å². The minimum Gasteiger partial charge on any atom is -0.508 e. The number of fused-ring (bicyclic) bond motifs is 1. The average molecular weight is 326 g/mol. The summed E-state index contributed by atoms with van der Waals surface area (Å²) in [5, 5.41) is 12.8. The van der Waals surface area contributed by atoms with Crippen molar-refractivity contribution in [3.63, 3.8) is 0 Å². The lowest BCUT2D eigenvalue weighted by molar-refractivity contribution is 0.186. The van der Waals surface area contributed by atoms with Gasteiger partial charge in [0.1, 0.15) is 5.75 Å². The van der Waals surface area contributed by atoms with Gasteiger partial charge in [-0.25, -0.2) is 4.79 Å². The second-order valence-corrected chi connectivity index (χ2v) is 6.83. The zero-order valence-electron chi connectivity index (χ0n) is 13.6. The molecule has 5 nitrogen and oxygen atoms in total. The highest BCUT2D eigenvalue weighted by molar-refractivity contribution is 5.75. The van der Waals surface area contributed by atoms with Crippen LogP contribution in [0.25, 0.3) is 0 Å². The van der Waals surface area contributed by atoms with Gasteiger partial charge in [-0.1, -0.05) is 6.07 Å². The van der Waals surface area contributed by atoms with Crippen LogP contribution in [0.4, 0.5) is 4.79 Å². The Morgan fingerprint density at radius 2 is 2.12 bits per heavy atom. The summed E-state index contributed by atoms with van der Waals surface area (Å²) in [4.78, 5) is 14.7. The van der Waals surface area contributed by atoms with Crippen molar-refractivity contribution in [3.05, 3.63) is 53.5 Å². The first kappa shape index (κ1) is 15.1. The molecule has 0 spiro atoms. The van der Waals surface area contributed by atoms with Crippen LogP contribution < -0.4 is 5.32 Å². The summed E-state index contributed by atoms with van der Waals surface area (Å²) in [6.45, 7) is 0.601. The molecule has 1 aromatic heterocycles. The molecular weight excluding hydrogens is 304 g/mol. The number of rotatable bonds is 4. The highest BCUT2D eigenvalue weighted by Gasteiger charge is 2.34. The molecule has 0 aliphatic heterocycles. The largest absolute Gasteiger partial charge is 0.508 e. The molecule has 0 saturated heterocycles. The molecule has 1 saturated carbocycles. The third-order valence-electron chi connectivity index (χ3n) is 4.93. The Kier molecular flexibility index (Phi) is 3.92. The second-order valence-electron chi connectivity index (χ2n) is 6.83. The number of urea groups is 1. The molecule has 1 atom stereocenters. The number of carbonyl (C=O) groups is 1. The van der Waals surface area contributed by atoms with Crippen LogP contribution in [-0.4, -0.2) is 28.1 Å². The van der Waals surface area contributed by atoms with Gasteiger partial charge in [-0.05, 0) is 61.4 Å². The van der Waals surface area contributed by atoms with Crippen molar-refractivity contribution in [3.8, 4) is 5.75 Å². The molecule has 1 unspecified atom stereocenters. The van der Waals surface area contributed by atoms with Gasteiger partial charge in [-0.15, -0.1) is 0 Å². The molecule has 1 heterocycles. The molecule has 2 aliphatic rings. The molecule has 126 valence electrons. The van der Waals surface area contributed by atoms with Crippen molar-refractivity contribution < 1.29 is 14.3 Å². The van der Waals surface area contributed by atoms with Crippen molar-refractivity contribution in [2.75, 3.05) is 0 Å². The number of amides is 2. The summed E-state index contributed by atoms with van der Waals surface area (Å²) in [5.41, 5.74) is 3.44. The van der Waals surface area contributed by atoms with Crippen molar-refractivity contribution in [1.82, 2.24) is 10.2 Å². The topological polar surface area (TPSA) is 65.7 Å². The Labute approximate surface area is 141 Å². The quantitative estimate of drug-likeness (QED) is 0.906. The third kappa shape index (κ3) is 3.25. The van der Waals surface area contributed by atoms with E-state index in [-0.39, 0.29) is 12.1 Å². The van der Waals surface area contributed by atoms with Gasteiger partial charge in [-0.3, -0.25) is 0 Å². The summed E-state index contributed by atoms with van der Waals surface area (Å²) < 4.78 is 5.12. The normalized spacial score (nSPS) is 19.6. The van der Waals surface area contributed by atoms with Gasteiger partial charge in [-0.2, -0.15) is 0 Å². The zero-order chi connectivity index (χ0) is 16.5. The Hall–Kier alpha value is -2.43. The lowest BCUT2D eigenvalue weighted by Crippen LogP contribution is -2.47. The molecule has 5 heteroatoms. The van der Waals surface area contributed by atoms with Crippen molar-refractivity contribution >= 4 is 6.03 Å². The van der Waals surface area contributed by atoms with Crippen LogP contribution in [0.3, 0.4) is 0 Å².